The average Bonchev–Trinajstić information content (AvgIpc) is 3.38. The molecule has 2 fully saturated rings. The summed E-state index contributed by atoms with van der Waals surface area (Å²) in [7, 11) is 0.103. The lowest BCUT2D eigenvalue weighted by molar-refractivity contribution is -0.131. The molecule has 0 radical (unpaired) electrons. The van der Waals surface area contributed by atoms with Gasteiger partial charge in [0.05, 0.1) is 17.0 Å². The second kappa shape index (κ2) is 14.4. The van der Waals surface area contributed by atoms with Crippen molar-refractivity contribution >= 4 is 32.7 Å². The van der Waals surface area contributed by atoms with Crippen LogP contribution in [0.3, 0.4) is 0 Å². The number of benzene rings is 3. The largest absolute Gasteiger partial charge is 0.344 e. The Balaban J connectivity index is 1.39. The number of aromatic nitrogens is 1. The zero-order valence-electron chi connectivity index (χ0n) is 27.5. The minimum Gasteiger partial charge on any atom is -0.344 e. The number of nitrogens with zero attached hydrogens (tertiary/aromatic N) is 3. The zero-order valence-corrected chi connectivity index (χ0v) is 28.3. The number of likely N-dealkylation sites (tertiary alicyclic amines) is 1. The van der Waals surface area contributed by atoms with Crippen LogP contribution >= 0.6 is 0 Å². The van der Waals surface area contributed by atoms with Crippen molar-refractivity contribution in [3.63, 3.8) is 0 Å². The molecule has 0 spiro atoms. The van der Waals surface area contributed by atoms with E-state index in [0.29, 0.717) is 23.9 Å². The van der Waals surface area contributed by atoms with Gasteiger partial charge in [0.1, 0.15) is 6.54 Å². The molecule has 3 aromatic carbocycles. The van der Waals surface area contributed by atoms with Crippen LogP contribution in [-0.4, -0.2) is 68.3 Å². The Bertz CT molecular complexity index is 1810. The SMILES string of the molecule is CN1CCCC(CN(C)C(=O)Cn2c(-c3ccccc3)c(C3CCCCC3)c3ccc(C(=O)NS(=O)(=O)Cc4ccccc4)cc32)C1. The van der Waals surface area contributed by atoms with Crippen molar-refractivity contribution in [2.45, 2.75) is 63.2 Å². The molecule has 4 aromatic rings. The second-order valence-electron chi connectivity index (χ2n) is 13.5. The third-order valence-corrected chi connectivity index (χ3v) is 11.1. The van der Waals surface area contributed by atoms with Gasteiger partial charge < -0.3 is 14.4 Å². The number of fused-ring (bicyclic) bond motifs is 1. The highest BCUT2D eigenvalue weighted by Crippen LogP contribution is 2.44. The molecule has 2 aliphatic rings. The van der Waals surface area contributed by atoms with Crippen LogP contribution in [-0.2, 0) is 27.1 Å². The molecule has 6 rings (SSSR count). The fourth-order valence-electron chi connectivity index (χ4n) is 7.59. The van der Waals surface area contributed by atoms with E-state index in [1.807, 2.05) is 42.3 Å². The van der Waals surface area contributed by atoms with E-state index in [-0.39, 0.29) is 23.8 Å². The predicted octanol–water partition coefficient (Wildman–Crippen LogP) is 6.42. The molecular formula is C38H46N4O4S. The topological polar surface area (TPSA) is 91.7 Å². The Hall–Kier alpha value is -3.95. The molecule has 2 heterocycles. The fraction of sp³-hybridized carbons (Fsp3) is 0.421. The number of hydrogen-bond acceptors (Lipinski definition) is 5. The summed E-state index contributed by atoms with van der Waals surface area (Å²) in [6, 6.07) is 24.5. The number of piperidine rings is 1. The summed E-state index contributed by atoms with van der Waals surface area (Å²) >= 11 is 0. The van der Waals surface area contributed by atoms with Gasteiger partial charge in [0.15, 0.2) is 0 Å². The maximum atomic E-state index is 14.0. The van der Waals surface area contributed by atoms with Crippen molar-refractivity contribution in [3.8, 4) is 11.3 Å². The summed E-state index contributed by atoms with van der Waals surface area (Å²) < 4.78 is 30.3. The third kappa shape index (κ3) is 7.79. The van der Waals surface area contributed by atoms with Gasteiger partial charge in [0.2, 0.25) is 15.9 Å². The molecule has 1 N–H and O–H groups in total. The van der Waals surface area contributed by atoms with Gasteiger partial charge in [-0.2, -0.15) is 0 Å². The van der Waals surface area contributed by atoms with E-state index in [1.54, 1.807) is 36.4 Å². The Morgan fingerprint density at radius 2 is 1.60 bits per heavy atom. The first-order valence-corrected chi connectivity index (χ1v) is 18.6. The van der Waals surface area contributed by atoms with Gasteiger partial charge in [-0.3, -0.25) is 9.59 Å². The molecule has 1 atom stereocenters. The normalized spacial score (nSPS) is 17.9. The van der Waals surface area contributed by atoms with Gasteiger partial charge >= 0.3 is 0 Å². The molecule has 1 aromatic heterocycles. The maximum absolute atomic E-state index is 14.0. The number of rotatable bonds is 10. The zero-order chi connectivity index (χ0) is 33.0. The number of amides is 2. The van der Waals surface area contributed by atoms with Crippen molar-refractivity contribution < 1.29 is 18.0 Å². The minimum atomic E-state index is -3.93. The van der Waals surface area contributed by atoms with Crippen LogP contribution < -0.4 is 4.72 Å². The lowest BCUT2D eigenvalue weighted by Crippen LogP contribution is -2.41. The highest BCUT2D eigenvalue weighted by atomic mass is 32.2. The summed E-state index contributed by atoms with van der Waals surface area (Å²) in [4.78, 5) is 31.7. The van der Waals surface area contributed by atoms with Gasteiger partial charge in [-0.15, -0.1) is 0 Å². The van der Waals surface area contributed by atoms with Crippen LogP contribution in [0, 0.1) is 5.92 Å². The Morgan fingerprint density at radius 1 is 0.894 bits per heavy atom. The van der Waals surface area contributed by atoms with Crippen LogP contribution in [0.2, 0.25) is 0 Å². The first kappa shape index (κ1) is 33.0. The minimum absolute atomic E-state index is 0.0165. The quantitative estimate of drug-likeness (QED) is 0.213. The van der Waals surface area contributed by atoms with E-state index in [2.05, 4.69) is 33.4 Å². The van der Waals surface area contributed by atoms with Crippen molar-refractivity contribution in [1.29, 1.82) is 0 Å². The van der Waals surface area contributed by atoms with Gasteiger partial charge in [-0.1, -0.05) is 86.0 Å². The summed E-state index contributed by atoms with van der Waals surface area (Å²) in [5, 5.41) is 1.02. The molecule has 1 aliphatic heterocycles. The lowest BCUT2D eigenvalue weighted by atomic mass is 9.82. The Labute approximate surface area is 278 Å². The molecule has 1 unspecified atom stereocenters. The van der Waals surface area contributed by atoms with Crippen molar-refractivity contribution in [1.82, 2.24) is 19.1 Å². The summed E-state index contributed by atoms with van der Waals surface area (Å²) in [6.45, 7) is 2.91. The highest BCUT2D eigenvalue weighted by Gasteiger charge is 2.29. The molecular weight excluding hydrogens is 609 g/mol. The van der Waals surface area contributed by atoms with Crippen LogP contribution in [0.5, 0.6) is 0 Å². The number of hydrogen-bond donors (Lipinski definition) is 1. The molecule has 1 aliphatic carbocycles. The monoisotopic (exact) mass is 654 g/mol. The van der Waals surface area contributed by atoms with Crippen molar-refractivity contribution in [2.75, 3.05) is 33.7 Å². The number of carbonyl (C=O) groups is 2. The number of likely N-dealkylation sites (N-methyl/N-ethyl adjacent to an activating group) is 1. The van der Waals surface area contributed by atoms with Crippen LogP contribution in [0.25, 0.3) is 22.2 Å². The van der Waals surface area contributed by atoms with Gasteiger partial charge in [-0.05, 0) is 79.9 Å². The first-order chi connectivity index (χ1) is 22.7. The highest BCUT2D eigenvalue weighted by molar-refractivity contribution is 7.89. The van der Waals surface area contributed by atoms with E-state index in [9.17, 15) is 18.0 Å². The maximum Gasteiger partial charge on any atom is 0.264 e. The summed E-state index contributed by atoms with van der Waals surface area (Å²) in [6.07, 6.45) is 7.92. The molecule has 2 amide bonds. The molecule has 1 saturated heterocycles. The predicted molar refractivity (Wildman–Crippen MR) is 188 cm³/mol. The number of sulfonamides is 1. The number of nitrogens with one attached hydrogen (secondary N) is 1. The Morgan fingerprint density at radius 3 is 2.30 bits per heavy atom. The number of carbonyl (C=O) groups excluding carboxylic acids is 2. The first-order valence-electron chi connectivity index (χ1n) is 16.9. The van der Waals surface area contributed by atoms with Crippen molar-refractivity contribution in [3.05, 3.63) is 95.6 Å². The molecule has 8 nitrogen and oxygen atoms in total. The molecule has 1 saturated carbocycles. The molecule has 9 heteroatoms. The van der Waals surface area contributed by atoms with E-state index >= 15 is 0 Å². The van der Waals surface area contributed by atoms with E-state index < -0.39 is 15.9 Å². The van der Waals surface area contributed by atoms with Gasteiger partial charge in [0.25, 0.3) is 5.91 Å². The van der Waals surface area contributed by atoms with Crippen LogP contribution in [0.15, 0.2) is 78.9 Å². The average molecular weight is 655 g/mol. The third-order valence-electron chi connectivity index (χ3n) is 9.85. The van der Waals surface area contributed by atoms with Gasteiger partial charge in [-0.25, -0.2) is 13.1 Å². The summed E-state index contributed by atoms with van der Waals surface area (Å²) in [5.74, 6) is -0.189. The van der Waals surface area contributed by atoms with Crippen LogP contribution in [0.4, 0.5) is 0 Å². The van der Waals surface area contributed by atoms with Gasteiger partial charge in [0, 0.05) is 31.1 Å². The standard InChI is InChI=1S/C38H46N4O4S/c1-40-22-12-15-29(24-40)25-41(2)35(43)26-42-34-23-32(38(44)39-47(45,46)27-28-13-6-3-7-14-28)20-21-33(34)36(30-16-8-4-9-17-30)37(42)31-18-10-5-11-19-31/h3,5-7,10-11,13-14,18-21,23,29-30H,4,8-9,12,15-17,22,24-27H2,1-2H3,(H,39,44). The fourth-order valence-corrected chi connectivity index (χ4v) is 8.69. The molecule has 248 valence electrons. The van der Waals surface area contributed by atoms with Crippen LogP contribution in [0.1, 0.15) is 72.3 Å². The molecule has 0 bridgehead atoms. The lowest BCUT2D eigenvalue weighted by Gasteiger charge is -2.32. The van der Waals surface area contributed by atoms with Crippen molar-refractivity contribution in [2.24, 2.45) is 5.92 Å². The smallest absolute Gasteiger partial charge is 0.264 e. The van der Waals surface area contributed by atoms with E-state index in [4.69, 9.17) is 0 Å². The summed E-state index contributed by atoms with van der Waals surface area (Å²) in [5.41, 5.74) is 4.89. The van der Waals surface area contributed by atoms with E-state index in [0.717, 1.165) is 73.8 Å². The van der Waals surface area contributed by atoms with E-state index in [1.165, 1.54) is 12.0 Å². The Kier molecular flexibility index (Phi) is 10.1. The second-order valence-corrected chi connectivity index (χ2v) is 15.2. The molecule has 47 heavy (non-hydrogen) atoms.